The molecule has 0 amide bonds. The third-order valence-corrected chi connectivity index (χ3v) is 3.40. The zero-order chi connectivity index (χ0) is 13.5. The Labute approximate surface area is 111 Å². The van der Waals surface area contributed by atoms with E-state index in [-0.39, 0.29) is 6.04 Å². The van der Waals surface area contributed by atoms with Crippen LogP contribution in [0.5, 0.6) is 0 Å². The summed E-state index contributed by atoms with van der Waals surface area (Å²) >= 11 is 0. The maximum atomic E-state index is 5.92. The number of hydrogen-bond acceptors (Lipinski definition) is 4. The Balaban J connectivity index is 2.64. The van der Waals surface area contributed by atoms with Crippen LogP contribution in [0.3, 0.4) is 0 Å². The van der Waals surface area contributed by atoms with Crippen molar-refractivity contribution in [3.8, 4) is 0 Å². The molecule has 0 saturated carbocycles. The van der Waals surface area contributed by atoms with Gasteiger partial charge in [-0.05, 0) is 31.7 Å². The van der Waals surface area contributed by atoms with Crippen molar-refractivity contribution in [2.75, 3.05) is 11.9 Å². The van der Waals surface area contributed by atoms with Crippen LogP contribution in [-0.4, -0.2) is 29.1 Å². The first-order valence-electron chi connectivity index (χ1n) is 6.87. The largest absolute Gasteiger partial charge is 0.341 e. The molecule has 1 rings (SSSR count). The Bertz CT molecular complexity index is 336. The van der Waals surface area contributed by atoms with Crippen molar-refractivity contribution >= 4 is 5.95 Å². The fraction of sp³-hybridized carbons (Fsp3) is 0.714. The highest BCUT2D eigenvalue weighted by Crippen LogP contribution is 2.12. The van der Waals surface area contributed by atoms with Crippen LogP contribution in [0, 0.1) is 0 Å². The lowest BCUT2D eigenvalue weighted by molar-refractivity contribution is 0.603. The minimum atomic E-state index is 0.205. The molecular weight excluding hydrogens is 224 g/mol. The molecule has 2 N–H and O–H groups in total. The molecule has 1 aromatic heterocycles. The van der Waals surface area contributed by atoms with Gasteiger partial charge >= 0.3 is 0 Å². The molecule has 102 valence electrons. The van der Waals surface area contributed by atoms with Gasteiger partial charge in [0.2, 0.25) is 5.95 Å². The summed E-state index contributed by atoms with van der Waals surface area (Å²) in [6, 6.07) is 0.676. The van der Waals surface area contributed by atoms with Crippen LogP contribution in [0.1, 0.15) is 45.6 Å². The molecule has 0 aromatic carbocycles. The van der Waals surface area contributed by atoms with Crippen LogP contribution in [0.25, 0.3) is 0 Å². The average molecular weight is 250 g/mol. The number of nitrogens with two attached hydrogens (primary N) is 1. The summed E-state index contributed by atoms with van der Waals surface area (Å²) in [6.45, 7) is 6.49. The number of rotatable bonds is 7. The predicted molar refractivity (Wildman–Crippen MR) is 76.8 cm³/mol. The van der Waals surface area contributed by atoms with Crippen molar-refractivity contribution < 1.29 is 0 Å². The Morgan fingerprint density at radius 1 is 1.28 bits per heavy atom. The van der Waals surface area contributed by atoms with Gasteiger partial charge in [-0.1, -0.05) is 20.3 Å². The van der Waals surface area contributed by atoms with Crippen LogP contribution in [0.4, 0.5) is 5.95 Å². The molecule has 1 heterocycles. The molecule has 2 atom stereocenters. The van der Waals surface area contributed by atoms with Gasteiger partial charge in [0, 0.05) is 31.5 Å². The van der Waals surface area contributed by atoms with Gasteiger partial charge < -0.3 is 10.6 Å². The van der Waals surface area contributed by atoms with E-state index in [2.05, 4.69) is 35.6 Å². The molecule has 0 bridgehead atoms. The number of aromatic nitrogens is 2. The van der Waals surface area contributed by atoms with Crippen molar-refractivity contribution in [1.29, 1.82) is 0 Å². The minimum absolute atomic E-state index is 0.205. The zero-order valence-corrected chi connectivity index (χ0v) is 12.1. The Kier molecular flexibility index (Phi) is 6.05. The van der Waals surface area contributed by atoms with Gasteiger partial charge in [0.15, 0.2) is 0 Å². The van der Waals surface area contributed by atoms with Gasteiger partial charge in [-0.25, -0.2) is 9.97 Å². The summed E-state index contributed by atoms with van der Waals surface area (Å²) < 4.78 is 0. The van der Waals surface area contributed by atoms with E-state index >= 15 is 0 Å². The molecule has 2 unspecified atom stereocenters. The topological polar surface area (TPSA) is 55.0 Å². The Hall–Kier alpha value is -1.16. The average Bonchev–Trinajstić information content (AvgIpc) is 2.39. The molecule has 0 fully saturated rings. The van der Waals surface area contributed by atoms with Crippen molar-refractivity contribution in [2.45, 2.75) is 58.5 Å². The van der Waals surface area contributed by atoms with E-state index in [1.165, 1.54) is 6.42 Å². The smallest absolute Gasteiger partial charge is 0.225 e. The van der Waals surface area contributed by atoms with Gasteiger partial charge in [-0.2, -0.15) is 0 Å². The van der Waals surface area contributed by atoms with E-state index in [1.54, 1.807) is 0 Å². The maximum Gasteiger partial charge on any atom is 0.225 e. The van der Waals surface area contributed by atoms with E-state index < -0.39 is 0 Å². The van der Waals surface area contributed by atoms with Crippen LogP contribution in [-0.2, 0) is 6.42 Å². The summed E-state index contributed by atoms with van der Waals surface area (Å²) in [6.07, 6.45) is 7.96. The molecule has 18 heavy (non-hydrogen) atoms. The first-order valence-corrected chi connectivity index (χ1v) is 6.87. The van der Waals surface area contributed by atoms with E-state index in [9.17, 15) is 0 Å². The standard InChI is InChI=1S/C14H26N4/c1-5-7-11(3)18(4)14-16-9-12(10-17-14)8-13(15)6-2/h9-11,13H,5-8,15H2,1-4H3. The molecule has 0 saturated heterocycles. The molecule has 4 heteroatoms. The zero-order valence-electron chi connectivity index (χ0n) is 12.1. The Morgan fingerprint density at radius 3 is 2.39 bits per heavy atom. The summed E-state index contributed by atoms with van der Waals surface area (Å²) in [5.41, 5.74) is 7.04. The molecule has 4 nitrogen and oxygen atoms in total. The highest BCUT2D eigenvalue weighted by molar-refractivity contribution is 5.30. The third-order valence-electron chi connectivity index (χ3n) is 3.40. The first kappa shape index (κ1) is 14.9. The normalized spacial score (nSPS) is 14.3. The van der Waals surface area contributed by atoms with E-state index in [0.29, 0.717) is 6.04 Å². The molecular formula is C14H26N4. The van der Waals surface area contributed by atoms with Gasteiger partial charge in [0.25, 0.3) is 0 Å². The monoisotopic (exact) mass is 250 g/mol. The quantitative estimate of drug-likeness (QED) is 0.807. The molecule has 0 spiro atoms. The fourth-order valence-electron chi connectivity index (χ4n) is 1.89. The lowest BCUT2D eigenvalue weighted by Crippen LogP contribution is -2.30. The van der Waals surface area contributed by atoms with Gasteiger partial charge in [0.1, 0.15) is 0 Å². The number of nitrogens with zero attached hydrogens (tertiary/aromatic N) is 3. The molecule has 0 radical (unpaired) electrons. The van der Waals surface area contributed by atoms with Crippen molar-refractivity contribution in [2.24, 2.45) is 5.73 Å². The molecule has 1 aromatic rings. The van der Waals surface area contributed by atoms with Crippen LogP contribution >= 0.6 is 0 Å². The molecule has 0 aliphatic rings. The van der Waals surface area contributed by atoms with Gasteiger partial charge in [-0.3, -0.25) is 0 Å². The number of hydrogen-bond donors (Lipinski definition) is 1. The highest BCUT2D eigenvalue weighted by atomic mass is 15.2. The molecule has 0 aliphatic heterocycles. The van der Waals surface area contributed by atoms with Gasteiger partial charge in [-0.15, -0.1) is 0 Å². The predicted octanol–water partition coefficient (Wildman–Crippen LogP) is 2.38. The number of anilines is 1. The summed E-state index contributed by atoms with van der Waals surface area (Å²) in [7, 11) is 2.05. The van der Waals surface area contributed by atoms with E-state index in [0.717, 1.165) is 30.8 Å². The second-order valence-corrected chi connectivity index (χ2v) is 5.01. The fourth-order valence-corrected chi connectivity index (χ4v) is 1.89. The third kappa shape index (κ3) is 4.26. The van der Waals surface area contributed by atoms with Crippen LogP contribution in [0.15, 0.2) is 12.4 Å². The van der Waals surface area contributed by atoms with Gasteiger partial charge in [0.05, 0.1) is 0 Å². The van der Waals surface area contributed by atoms with E-state index in [1.807, 2.05) is 19.4 Å². The molecule has 0 aliphatic carbocycles. The first-order chi connectivity index (χ1) is 8.58. The lowest BCUT2D eigenvalue weighted by Gasteiger charge is -2.24. The van der Waals surface area contributed by atoms with Crippen LogP contribution in [0.2, 0.25) is 0 Å². The maximum absolute atomic E-state index is 5.92. The SMILES string of the molecule is CCCC(C)N(C)c1ncc(CC(N)CC)cn1. The Morgan fingerprint density at radius 2 is 1.89 bits per heavy atom. The minimum Gasteiger partial charge on any atom is -0.341 e. The highest BCUT2D eigenvalue weighted by Gasteiger charge is 2.11. The van der Waals surface area contributed by atoms with Crippen molar-refractivity contribution in [3.05, 3.63) is 18.0 Å². The second kappa shape index (κ2) is 7.31. The van der Waals surface area contributed by atoms with Crippen molar-refractivity contribution in [3.63, 3.8) is 0 Å². The van der Waals surface area contributed by atoms with Crippen molar-refractivity contribution in [1.82, 2.24) is 9.97 Å². The van der Waals surface area contributed by atoms with Crippen LogP contribution < -0.4 is 10.6 Å². The van der Waals surface area contributed by atoms with E-state index in [4.69, 9.17) is 5.73 Å². The lowest BCUT2D eigenvalue weighted by atomic mass is 10.1. The second-order valence-electron chi connectivity index (χ2n) is 5.01. The summed E-state index contributed by atoms with van der Waals surface area (Å²) in [5.74, 6) is 0.796. The summed E-state index contributed by atoms with van der Waals surface area (Å²) in [4.78, 5) is 11.0. The summed E-state index contributed by atoms with van der Waals surface area (Å²) in [5, 5.41) is 0.